The highest BCUT2D eigenvalue weighted by Crippen LogP contribution is 2.40. The normalized spacial score (nSPS) is 17.8. The lowest BCUT2D eigenvalue weighted by molar-refractivity contribution is -0.0436. The van der Waals surface area contributed by atoms with Crippen LogP contribution in [0, 0.1) is 0 Å². The molecule has 0 unspecified atom stereocenters. The van der Waals surface area contributed by atoms with Crippen LogP contribution >= 0.6 is 23.4 Å². The first-order chi connectivity index (χ1) is 30.1. The fourth-order valence-electron chi connectivity index (χ4n) is 8.36. The molecule has 1 atom stereocenters. The Kier molecular flexibility index (Phi) is 15.3. The predicted molar refractivity (Wildman–Crippen MR) is 243 cm³/mol. The molecule has 11 nitrogen and oxygen atoms in total. The van der Waals surface area contributed by atoms with Gasteiger partial charge in [0.2, 0.25) is 10.0 Å². The summed E-state index contributed by atoms with van der Waals surface area (Å²) in [6, 6.07) is 25.5. The molecule has 0 spiro atoms. The van der Waals surface area contributed by atoms with Gasteiger partial charge in [-0.2, -0.15) is 13.2 Å². The van der Waals surface area contributed by atoms with Crippen molar-refractivity contribution in [2.45, 2.75) is 58.3 Å². The zero-order valence-electron chi connectivity index (χ0n) is 34.7. The van der Waals surface area contributed by atoms with Gasteiger partial charge in [0.1, 0.15) is 4.90 Å². The average Bonchev–Trinajstić information content (AvgIpc) is 3.28. The maximum atomic E-state index is 15.0. The molecule has 4 aromatic carbocycles. The van der Waals surface area contributed by atoms with E-state index in [9.17, 15) is 34.8 Å². The molecule has 2 fully saturated rings. The van der Waals surface area contributed by atoms with E-state index >= 15 is 0 Å². The summed E-state index contributed by atoms with van der Waals surface area (Å²) in [5, 5.41) is 6.01. The monoisotopic (exact) mass is 945 g/mol. The zero-order valence-corrected chi connectivity index (χ0v) is 37.9. The summed E-state index contributed by atoms with van der Waals surface area (Å²) in [5.74, 6) is -0.575. The van der Waals surface area contributed by atoms with Crippen molar-refractivity contribution in [3.63, 3.8) is 0 Å². The summed E-state index contributed by atoms with van der Waals surface area (Å²) >= 11 is 7.54. The largest absolute Gasteiger partial charge is 0.501 e. The number of nitrogens with two attached hydrogens (primary N) is 1. The van der Waals surface area contributed by atoms with Crippen LogP contribution in [-0.4, -0.2) is 115 Å². The molecule has 1 amide bonds. The van der Waals surface area contributed by atoms with E-state index in [2.05, 4.69) is 26.8 Å². The lowest BCUT2D eigenvalue weighted by Crippen LogP contribution is -2.47. The smallest absolute Gasteiger partial charge is 0.379 e. The van der Waals surface area contributed by atoms with Crippen LogP contribution in [-0.2, 0) is 24.6 Å². The fraction of sp³-hybridized carbons (Fsp3) is 0.400. The number of hydrogen-bond acceptors (Lipinski definition) is 10. The van der Waals surface area contributed by atoms with E-state index in [1.54, 1.807) is 24.3 Å². The highest BCUT2D eigenvalue weighted by Gasteiger charge is 2.49. The Labute approximate surface area is 377 Å². The number of sulfone groups is 1. The molecule has 338 valence electrons. The summed E-state index contributed by atoms with van der Waals surface area (Å²) in [4.78, 5) is 21.5. The van der Waals surface area contributed by atoms with Gasteiger partial charge in [-0.3, -0.25) is 14.6 Å². The third-order valence-corrected chi connectivity index (χ3v) is 15.6. The number of benzene rings is 4. The first kappa shape index (κ1) is 47.0. The molecule has 2 N–H and O–H groups in total. The Morgan fingerprint density at radius 1 is 0.825 bits per heavy atom. The number of carbonyl (C=O) groups is 1. The topological polar surface area (TPSA) is 134 Å². The number of piperazine rings is 1. The van der Waals surface area contributed by atoms with Gasteiger partial charge in [0.25, 0.3) is 15.7 Å². The number of carbonyl (C=O) groups excluding carboxylic acids is 1. The summed E-state index contributed by atoms with van der Waals surface area (Å²) in [6.45, 7) is 6.59. The molecule has 0 radical (unpaired) electrons. The van der Waals surface area contributed by atoms with Crippen LogP contribution < -0.4 is 14.9 Å². The number of halogens is 4. The van der Waals surface area contributed by atoms with Crippen molar-refractivity contribution < 1.29 is 39.5 Å². The SMILES string of the molecule is NS(=O)(=O)c1ccc(N(C(=O)c2ccc(N3CCN(CC4=C(c5ccc(Cl)cc5)CCCC4)CC3)cc2)[C@H](CCN2CCOCC2)CSc2ccccc2)c(S(=O)(=O)C(F)(F)F)c1. The quantitative estimate of drug-likeness (QED) is 0.117. The highest BCUT2D eigenvalue weighted by atomic mass is 35.5. The minimum Gasteiger partial charge on any atom is -0.379 e. The molecule has 18 heteroatoms. The van der Waals surface area contributed by atoms with Crippen molar-refractivity contribution >= 4 is 66.1 Å². The van der Waals surface area contributed by atoms with Crippen LogP contribution in [0.5, 0.6) is 0 Å². The Balaban J connectivity index is 1.18. The highest BCUT2D eigenvalue weighted by molar-refractivity contribution is 7.99. The minimum atomic E-state index is -6.21. The Bertz CT molecular complexity index is 2460. The molecule has 2 aliphatic heterocycles. The first-order valence-corrected chi connectivity index (χ1v) is 25.3. The van der Waals surface area contributed by atoms with Crippen molar-refractivity contribution in [3.8, 4) is 0 Å². The average molecular weight is 947 g/mol. The molecule has 2 heterocycles. The number of ether oxygens (including phenoxy) is 1. The summed E-state index contributed by atoms with van der Waals surface area (Å²) in [7, 11) is -10.9. The second-order valence-electron chi connectivity index (χ2n) is 15.9. The van der Waals surface area contributed by atoms with Crippen LogP contribution in [0.25, 0.3) is 5.57 Å². The third-order valence-electron chi connectivity index (χ3n) is 11.8. The Hall–Kier alpha value is -3.94. The molecule has 7 rings (SSSR count). The molecule has 4 aromatic rings. The van der Waals surface area contributed by atoms with E-state index < -0.39 is 52.8 Å². The third kappa shape index (κ3) is 11.7. The molecule has 2 saturated heterocycles. The molecular formula is C45H51ClF3N5O6S3. The fourth-order valence-corrected chi connectivity index (χ4v) is 11.1. The van der Waals surface area contributed by atoms with Crippen LogP contribution in [0.15, 0.2) is 117 Å². The number of alkyl halides is 3. The van der Waals surface area contributed by atoms with Gasteiger partial charge >= 0.3 is 5.51 Å². The van der Waals surface area contributed by atoms with E-state index in [-0.39, 0.29) is 17.7 Å². The maximum absolute atomic E-state index is 15.0. The van der Waals surface area contributed by atoms with Gasteiger partial charge in [-0.25, -0.2) is 22.0 Å². The summed E-state index contributed by atoms with van der Waals surface area (Å²) in [5.41, 5.74) is -1.37. The maximum Gasteiger partial charge on any atom is 0.501 e. The van der Waals surface area contributed by atoms with Crippen LogP contribution in [0.3, 0.4) is 0 Å². The number of morpholine rings is 1. The van der Waals surface area contributed by atoms with E-state index in [1.807, 2.05) is 42.5 Å². The standard InChI is InChI=1S/C45H51ClF3N5O6S3/c46-36-14-10-33(11-15-36)41-9-5-4-6-35(41)31-52-22-24-53(25-23-52)37-16-12-34(13-17-37)44(55)54(42-19-18-40(63(50,58)59)30-43(42)62(56,57)45(47,48)49)38(20-21-51-26-28-60-29-27-51)32-61-39-7-2-1-3-8-39/h1-3,7-8,10-19,30,38H,4-6,9,20-29,31-32H2,(H2,50,58,59)/t38-/m1/s1. The molecule has 0 aromatic heterocycles. The molecular weight excluding hydrogens is 895 g/mol. The molecule has 1 aliphatic carbocycles. The zero-order chi connectivity index (χ0) is 44.8. The lowest BCUT2D eigenvalue weighted by Gasteiger charge is -2.37. The lowest BCUT2D eigenvalue weighted by atomic mass is 9.87. The van der Waals surface area contributed by atoms with E-state index in [0.29, 0.717) is 43.9 Å². The van der Waals surface area contributed by atoms with Gasteiger partial charge in [-0.05, 0) is 110 Å². The number of primary sulfonamides is 1. The first-order valence-electron chi connectivity index (χ1n) is 20.9. The van der Waals surface area contributed by atoms with Gasteiger partial charge in [0.15, 0.2) is 0 Å². The van der Waals surface area contributed by atoms with Crippen molar-refractivity contribution in [2.24, 2.45) is 5.14 Å². The van der Waals surface area contributed by atoms with Crippen molar-refractivity contribution in [1.82, 2.24) is 9.80 Å². The Morgan fingerprint density at radius 3 is 2.14 bits per heavy atom. The number of anilines is 2. The summed E-state index contributed by atoms with van der Waals surface area (Å²) < 4.78 is 100. The number of hydrogen-bond donors (Lipinski definition) is 1. The summed E-state index contributed by atoms with van der Waals surface area (Å²) in [6.07, 6.45) is 4.67. The van der Waals surface area contributed by atoms with Gasteiger partial charge < -0.3 is 14.5 Å². The number of thioether (sulfide) groups is 1. The van der Waals surface area contributed by atoms with Gasteiger partial charge in [0.05, 0.1) is 23.8 Å². The van der Waals surface area contributed by atoms with E-state index in [0.717, 1.165) is 86.0 Å². The number of nitrogens with zero attached hydrogens (tertiary/aromatic N) is 4. The second-order valence-corrected chi connectivity index (χ2v) is 20.9. The van der Waals surface area contributed by atoms with Crippen LogP contribution in [0.1, 0.15) is 48.0 Å². The van der Waals surface area contributed by atoms with Crippen molar-refractivity contribution in [2.75, 3.05) is 81.1 Å². The number of sulfonamides is 1. The van der Waals surface area contributed by atoms with E-state index in [4.69, 9.17) is 21.5 Å². The second kappa shape index (κ2) is 20.5. The number of rotatable bonds is 15. The number of amides is 1. The Morgan fingerprint density at radius 2 is 1.49 bits per heavy atom. The van der Waals surface area contributed by atoms with E-state index in [1.165, 1.54) is 28.5 Å². The molecule has 3 aliphatic rings. The number of allylic oxidation sites excluding steroid dienone is 1. The predicted octanol–water partition coefficient (Wildman–Crippen LogP) is 7.96. The van der Waals surface area contributed by atoms with Crippen LogP contribution in [0.2, 0.25) is 5.02 Å². The molecule has 0 bridgehead atoms. The molecule has 63 heavy (non-hydrogen) atoms. The minimum absolute atomic E-state index is 0.114. The van der Waals surface area contributed by atoms with Crippen LogP contribution in [0.4, 0.5) is 24.5 Å². The van der Waals surface area contributed by atoms with Crippen molar-refractivity contribution in [1.29, 1.82) is 0 Å². The molecule has 0 saturated carbocycles. The van der Waals surface area contributed by atoms with Gasteiger partial charge in [-0.15, -0.1) is 11.8 Å². The van der Waals surface area contributed by atoms with Gasteiger partial charge in [0, 0.05) is 85.3 Å². The van der Waals surface area contributed by atoms with Crippen molar-refractivity contribution in [3.05, 3.63) is 119 Å². The van der Waals surface area contributed by atoms with Gasteiger partial charge in [-0.1, -0.05) is 47.5 Å².